The van der Waals surface area contributed by atoms with E-state index in [1.165, 1.54) is 0 Å². The number of piperidine rings is 1. The Bertz CT molecular complexity index is 681. The maximum atomic E-state index is 12.8. The zero-order chi connectivity index (χ0) is 21.3. The number of rotatable bonds is 9. The molecule has 0 spiro atoms. The summed E-state index contributed by atoms with van der Waals surface area (Å²) in [6.45, 7) is 3.11. The summed E-state index contributed by atoms with van der Waals surface area (Å²) in [7, 11) is 1.59. The number of aromatic nitrogens is 1. The maximum Gasteiger partial charge on any atom is 0.248 e. The number of aliphatic hydroxyl groups is 1. The number of pyridine rings is 1. The minimum absolute atomic E-state index is 0.0169. The van der Waals surface area contributed by atoms with Crippen molar-refractivity contribution in [3.05, 3.63) is 30.1 Å². The number of aliphatic hydroxyl groups excluding tert-OH is 1. The van der Waals surface area contributed by atoms with E-state index in [1.54, 1.807) is 19.5 Å². The van der Waals surface area contributed by atoms with Crippen LogP contribution >= 0.6 is 0 Å². The SMILES string of the molecule is COCCOCC(=O)N1CCC(N2C[C@H](O)C[C@H]2C(=O)NCc2cccnc2)CC1. The van der Waals surface area contributed by atoms with E-state index in [2.05, 4.69) is 15.2 Å². The molecule has 3 heterocycles. The monoisotopic (exact) mass is 420 g/mol. The fraction of sp³-hybridized carbons (Fsp3) is 0.667. The number of ether oxygens (including phenoxy) is 2. The third-order valence-corrected chi connectivity index (χ3v) is 5.75. The van der Waals surface area contributed by atoms with Gasteiger partial charge >= 0.3 is 0 Å². The zero-order valence-electron chi connectivity index (χ0n) is 17.5. The Labute approximate surface area is 177 Å². The van der Waals surface area contributed by atoms with Gasteiger partial charge in [-0.25, -0.2) is 0 Å². The molecule has 0 radical (unpaired) electrons. The van der Waals surface area contributed by atoms with Gasteiger partial charge in [-0.3, -0.25) is 19.5 Å². The number of methoxy groups -OCH3 is 1. The first-order chi connectivity index (χ1) is 14.6. The van der Waals surface area contributed by atoms with Crippen molar-refractivity contribution in [2.24, 2.45) is 0 Å². The second kappa shape index (κ2) is 11.4. The summed E-state index contributed by atoms with van der Waals surface area (Å²) >= 11 is 0. The molecular formula is C21H32N4O5. The molecule has 2 aliphatic heterocycles. The summed E-state index contributed by atoms with van der Waals surface area (Å²) < 4.78 is 10.2. The summed E-state index contributed by atoms with van der Waals surface area (Å²) in [6.07, 6.45) is 4.92. The van der Waals surface area contributed by atoms with Gasteiger partial charge in [-0.05, 0) is 30.9 Å². The van der Waals surface area contributed by atoms with Crippen LogP contribution in [0.3, 0.4) is 0 Å². The van der Waals surface area contributed by atoms with Gasteiger partial charge < -0.3 is 24.8 Å². The fourth-order valence-corrected chi connectivity index (χ4v) is 4.15. The van der Waals surface area contributed by atoms with Crippen molar-refractivity contribution in [3.8, 4) is 0 Å². The molecule has 2 N–H and O–H groups in total. The maximum absolute atomic E-state index is 12.8. The van der Waals surface area contributed by atoms with Crippen LogP contribution in [0.2, 0.25) is 0 Å². The number of likely N-dealkylation sites (tertiary alicyclic amines) is 2. The third-order valence-electron chi connectivity index (χ3n) is 5.75. The molecule has 1 aromatic rings. The molecule has 166 valence electrons. The number of carbonyl (C=O) groups excluding carboxylic acids is 2. The van der Waals surface area contributed by atoms with E-state index in [-0.39, 0.29) is 30.5 Å². The molecule has 0 saturated carbocycles. The average molecular weight is 421 g/mol. The third kappa shape index (κ3) is 6.21. The highest BCUT2D eigenvalue weighted by Gasteiger charge is 2.40. The van der Waals surface area contributed by atoms with E-state index in [0.29, 0.717) is 45.8 Å². The Hall–Kier alpha value is -2.07. The van der Waals surface area contributed by atoms with Gasteiger partial charge in [-0.2, -0.15) is 0 Å². The van der Waals surface area contributed by atoms with Crippen LogP contribution in [0.25, 0.3) is 0 Å². The first-order valence-corrected chi connectivity index (χ1v) is 10.5. The first kappa shape index (κ1) is 22.6. The van der Waals surface area contributed by atoms with Crippen LogP contribution in [0.5, 0.6) is 0 Å². The Balaban J connectivity index is 1.47. The van der Waals surface area contributed by atoms with Gasteiger partial charge in [-0.1, -0.05) is 6.07 Å². The van der Waals surface area contributed by atoms with E-state index in [9.17, 15) is 14.7 Å². The normalized spacial score (nSPS) is 22.9. The molecule has 0 aliphatic carbocycles. The quantitative estimate of drug-likeness (QED) is 0.533. The highest BCUT2D eigenvalue weighted by Crippen LogP contribution is 2.26. The minimum atomic E-state index is -0.506. The highest BCUT2D eigenvalue weighted by molar-refractivity contribution is 5.82. The summed E-state index contributed by atoms with van der Waals surface area (Å²) in [6, 6.07) is 3.58. The van der Waals surface area contributed by atoms with Crippen LogP contribution in [0, 0.1) is 0 Å². The Morgan fingerprint density at radius 1 is 1.30 bits per heavy atom. The molecule has 0 unspecified atom stereocenters. The van der Waals surface area contributed by atoms with E-state index < -0.39 is 6.10 Å². The summed E-state index contributed by atoms with van der Waals surface area (Å²) in [4.78, 5) is 33.0. The molecule has 1 aromatic heterocycles. The van der Waals surface area contributed by atoms with Gasteiger partial charge in [0.05, 0.1) is 25.4 Å². The molecule has 2 aliphatic rings. The van der Waals surface area contributed by atoms with Gasteiger partial charge in [0, 0.05) is 51.7 Å². The van der Waals surface area contributed by atoms with Crippen LogP contribution in [0.15, 0.2) is 24.5 Å². The summed E-state index contributed by atoms with van der Waals surface area (Å²) in [5.74, 6) is -0.0859. The molecule has 3 rings (SSSR count). The number of amides is 2. The van der Waals surface area contributed by atoms with Gasteiger partial charge in [0.25, 0.3) is 0 Å². The second-order valence-corrected chi connectivity index (χ2v) is 7.84. The number of β-amino-alcohol motifs (C(OH)–C–C–N with tert-alkyl or cyclic N) is 1. The number of nitrogens with zero attached hydrogens (tertiary/aromatic N) is 3. The topological polar surface area (TPSA) is 104 Å². The predicted molar refractivity (Wildman–Crippen MR) is 109 cm³/mol. The van der Waals surface area contributed by atoms with Crippen molar-refractivity contribution in [2.75, 3.05) is 46.6 Å². The van der Waals surface area contributed by atoms with Crippen molar-refractivity contribution >= 4 is 11.8 Å². The molecule has 9 heteroatoms. The van der Waals surface area contributed by atoms with E-state index in [1.807, 2.05) is 17.0 Å². The molecule has 2 atom stereocenters. The molecule has 2 saturated heterocycles. The van der Waals surface area contributed by atoms with Crippen LogP contribution in [0.1, 0.15) is 24.8 Å². The summed E-state index contributed by atoms with van der Waals surface area (Å²) in [5, 5.41) is 13.2. The predicted octanol–water partition coefficient (Wildman–Crippen LogP) is -0.213. The van der Waals surface area contributed by atoms with Crippen LogP contribution in [-0.2, 0) is 25.6 Å². The first-order valence-electron chi connectivity index (χ1n) is 10.5. The lowest BCUT2D eigenvalue weighted by atomic mass is 10.0. The Morgan fingerprint density at radius 2 is 2.10 bits per heavy atom. The number of hydrogen-bond donors (Lipinski definition) is 2. The van der Waals surface area contributed by atoms with Crippen LogP contribution < -0.4 is 5.32 Å². The molecule has 0 aromatic carbocycles. The molecule has 9 nitrogen and oxygen atoms in total. The minimum Gasteiger partial charge on any atom is -0.392 e. The van der Waals surface area contributed by atoms with E-state index in [4.69, 9.17) is 9.47 Å². The number of carbonyl (C=O) groups is 2. The lowest BCUT2D eigenvalue weighted by Gasteiger charge is -2.38. The fourth-order valence-electron chi connectivity index (χ4n) is 4.15. The zero-order valence-corrected chi connectivity index (χ0v) is 17.5. The largest absolute Gasteiger partial charge is 0.392 e. The van der Waals surface area contributed by atoms with Crippen molar-refractivity contribution < 1.29 is 24.2 Å². The number of hydrogen-bond acceptors (Lipinski definition) is 7. The van der Waals surface area contributed by atoms with Gasteiger partial charge in [0.2, 0.25) is 11.8 Å². The van der Waals surface area contributed by atoms with Gasteiger partial charge in [0.15, 0.2) is 0 Å². The smallest absolute Gasteiger partial charge is 0.248 e. The molecule has 2 fully saturated rings. The van der Waals surface area contributed by atoms with Crippen molar-refractivity contribution in [3.63, 3.8) is 0 Å². The number of nitrogens with one attached hydrogen (secondary N) is 1. The second-order valence-electron chi connectivity index (χ2n) is 7.84. The Kier molecular flexibility index (Phi) is 8.56. The van der Waals surface area contributed by atoms with E-state index >= 15 is 0 Å². The molecule has 2 amide bonds. The lowest BCUT2D eigenvalue weighted by molar-refractivity contribution is -0.138. The van der Waals surface area contributed by atoms with Crippen molar-refractivity contribution in [1.82, 2.24) is 20.1 Å². The van der Waals surface area contributed by atoms with Gasteiger partial charge in [0.1, 0.15) is 6.61 Å². The highest BCUT2D eigenvalue weighted by atomic mass is 16.5. The Morgan fingerprint density at radius 3 is 2.80 bits per heavy atom. The average Bonchev–Trinajstić information content (AvgIpc) is 3.17. The molecule has 0 bridgehead atoms. The van der Waals surface area contributed by atoms with E-state index in [0.717, 1.165) is 18.4 Å². The summed E-state index contributed by atoms with van der Waals surface area (Å²) in [5.41, 5.74) is 0.940. The van der Waals surface area contributed by atoms with Crippen molar-refractivity contribution in [1.29, 1.82) is 0 Å². The van der Waals surface area contributed by atoms with Crippen molar-refractivity contribution in [2.45, 2.75) is 44.0 Å². The standard InChI is InChI=1S/C21H32N4O5/c1-29-9-10-30-15-20(27)24-7-4-17(5-8-24)25-14-18(26)11-19(25)21(28)23-13-16-3-2-6-22-12-16/h2-3,6,12,17-19,26H,4-5,7-11,13-15H2,1H3,(H,23,28)/t18-,19+/m1/s1. The molecular weight excluding hydrogens is 388 g/mol. The molecule has 30 heavy (non-hydrogen) atoms. The lowest BCUT2D eigenvalue weighted by Crippen LogP contribution is -2.52. The van der Waals surface area contributed by atoms with Crippen LogP contribution in [-0.4, -0.2) is 96.5 Å². The van der Waals surface area contributed by atoms with Gasteiger partial charge in [-0.15, -0.1) is 0 Å². The van der Waals surface area contributed by atoms with Crippen LogP contribution in [0.4, 0.5) is 0 Å².